The molecule has 0 spiro atoms. The molecule has 4 nitrogen and oxygen atoms in total. The van der Waals surface area contributed by atoms with Gasteiger partial charge in [0, 0.05) is 18.7 Å². The molecule has 3 rings (SSSR count). The van der Waals surface area contributed by atoms with Crippen molar-refractivity contribution in [2.75, 3.05) is 0 Å². The first-order valence-corrected chi connectivity index (χ1v) is 8.37. The van der Waals surface area contributed by atoms with E-state index in [2.05, 4.69) is 0 Å². The van der Waals surface area contributed by atoms with Crippen LogP contribution < -0.4 is 0 Å². The first-order chi connectivity index (χ1) is 11.4. The van der Waals surface area contributed by atoms with E-state index in [-0.39, 0.29) is 28.9 Å². The van der Waals surface area contributed by atoms with Crippen molar-refractivity contribution in [3.63, 3.8) is 0 Å². The summed E-state index contributed by atoms with van der Waals surface area (Å²) in [5.41, 5.74) is 3.71. The van der Waals surface area contributed by atoms with E-state index in [1.165, 1.54) is 0 Å². The molecule has 24 heavy (non-hydrogen) atoms. The summed E-state index contributed by atoms with van der Waals surface area (Å²) in [5.74, 6) is -0.120. The van der Waals surface area contributed by atoms with E-state index in [0.717, 1.165) is 11.1 Å². The van der Waals surface area contributed by atoms with Gasteiger partial charge in [0.1, 0.15) is 11.5 Å². The molecule has 1 aliphatic rings. The van der Waals surface area contributed by atoms with Gasteiger partial charge in [-0.2, -0.15) is 0 Å². The Labute approximate surface area is 142 Å². The summed E-state index contributed by atoms with van der Waals surface area (Å²) in [6, 6.07) is 9.63. The molecule has 0 fully saturated rings. The van der Waals surface area contributed by atoms with E-state index in [9.17, 15) is 15.0 Å². The number of phenolic OH excluding ortho intramolecular Hbond substituents is 2. The van der Waals surface area contributed by atoms with Gasteiger partial charge >= 0.3 is 0 Å². The predicted octanol–water partition coefficient (Wildman–Crippen LogP) is 3.94. The van der Waals surface area contributed by atoms with Gasteiger partial charge in [0.05, 0.1) is 5.56 Å². The van der Waals surface area contributed by atoms with E-state index in [1.54, 1.807) is 11.0 Å². The smallest absolute Gasteiger partial charge is 0.258 e. The van der Waals surface area contributed by atoms with Crippen LogP contribution in [0.4, 0.5) is 0 Å². The molecule has 0 bridgehead atoms. The zero-order chi connectivity index (χ0) is 17.4. The van der Waals surface area contributed by atoms with Crippen LogP contribution >= 0.6 is 0 Å². The maximum Gasteiger partial charge on any atom is 0.258 e. The number of carbonyl (C=O) groups is 1. The van der Waals surface area contributed by atoms with Crippen LogP contribution in [0.5, 0.6) is 11.5 Å². The third kappa shape index (κ3) is 2.62. The lowest BCUT2D eigenvalue weighted by Crippen LogP contribution is -2.25. The Morgan fingerprint density at radius 3 is 2.21 bits per heavy atom. The second-order valence-corrected chi connectivity index (χ2v) is 6.63. The van der Waals surface area contributed by atoms with E-state index >= 15 is 0 Å². The summed E-state index contributed by atoms with van der Waals surface area (Å²) in [5, 5.41) is 20.9. The maximum absolute atomic E-state index is 13.0. The minimum atomic E-state index is -0.194. The molecular formula is C20H23NO3. The average Bonchev–Trinajstić information content (AvgIpc) is 2.98. The van der Waals surface area contributed by atoms with Gasteiger partial charge in [-0.05, 0) is 35.1 Å². The molecule has 1 heterocycles. The minimum Gasteiger partial charge on any atom is -0.507 e. The molecule has 0 saturated heterocycles. The third-order valence-electron chi connectivity index (χ3n) is 4.73. The second kappa shape index (κ2) is 6.19. The predicted molar refractivity (Wildman–Crippen MR) is 93.3 cm³/mol. The van der Waals surface area contributed by atoms with Gasteiger partial charge in [-0.1, -0.05) is 45.0 Å². The second-order valence-electron chi connectivity index (χ2n) is 6.63. The van der Waals surface area contributed by atoms with Crippen LogP contribution in [-0.4, -0.2) is 21.0 Å². The Kier molecular flexibility index (Phi) is 4.22. The summed E-state index contributed by atoms with van der Waals surface area (Å²) < 4.78 is 0. The number of rotatable bonds is 3. The molecule has 2 aromatic rings. The quantitative estimate of drug-likeness (QED) is 0.898. The van der Waals surface area contributed by atoms with Gasteiger partial charge in [-0.25, -0.2) is 0 Å². The van der Waals surface area contributed by atoms with Crippen molar-refractivity contribution in [3.8, 4) is 11.5 Å². The Hall–Kier alpha value is -2.49. The highest BCUT2D eigenvalue weighted by molar-refractivity contribution is 5.98. The molecule has 2 N–H and O–H groups in total. The largest absolute Gasteiger partial charge is 0.507 e. The summed E-state index contributed by atoms with van der Waals surface area (Å²) in [4.78, 5) is 14.7. The fraction of sp³-hybridized carbons (Fsp3) is 0.350. The normalized spacial score (nSPS) is 13.4. The number of hydrogen-bond acceptors (Lipinski definition) is 3. The Morgan fingerprint density at radius 1 is 1.12 bits per heavy atom. The van der Waals surface area contributed by atoms with E-state index < -0.39 is 0 Å². The van der Waals surface area contributed by atoms with Gasteiger partial charge in [-0.3, -0.25) is 4.79 Å². The fourth-order valence-corrected chi connectivity index (χ4v) is 3.33. The topological polar surface area (TPSA) is 60.8 Å². The number of amides is 1. The monoisotopic (exact) mass is 325 g/mol. The average molecular weight is 325 g/mol. The number of benzene rings is 2. The molecule has 0 aromatic heterocycles. The van der Waals surface area contributed by atoms with Crippen molar-refractivity contribution < 1.29 is 15.0 Å². The standard InChI is InChI=1S/C20H23NO3/c1-4-15-18(22)16(12(2)3)9-17(19(15)23)20(24)21-10-13-7-5-6-8-14(13)11-21/h5-9,12,22-23H,4,10-11H2,1-3H3. The van der Waals surface area contributed by atoms with Crippen molar-refractivity contribution in [1.29, 1.82) is 0 Å². The highest BCUT2D eigenvalue weighted by atomic mass is 16.3. The number of nitrogens with zero attached hydrogens (tertiary/aromatic N) is 1. The van der Waals surface area contributed by atoms with E-state index in [0.29, 0.717) is 30.6 Å². The van der Waals surface area contributed by atoms with Crippen molar-refractivity contribution in [2.45, 2.75) is 46.2 Å². The molecule has 0 aliphatic carbocycles. The van der Waals surface area contributed by atoms with Gasteiger partial charge in [0.25, 0.3) is 5.91 Å². The molecule has 0 saturated carbocycles. The van der Waals surface area contributed by atoms with Crippen molar-refractivity contribution >= 4 is 5.91 Å². The third-order valence-corrected chi connectivity index (χ3v) is 4.73. The molecule has 1 aliphatic heterocycles. The molecular weight excluding hydrogens is 302 g/mol. The number of aromatic hydroxyl groups is 2. The molecule has 0 radical (unpaired) electrons. The lowest BCUT2D eigenvalue weighted by molar-refractivity contribution is 0.0748. The molecule has 4 heteroatoms. The van der Waals surface area contributed by atoms with Crippen LogP contribution in [0, 0.1) is 0 Å². The van der Waals surface area contributed by atoms with Crippen molar-refractivity contribution in [3.05, 3.63) is 58.1 Å². The molecule has 0 unspecified atom stereocenters. The SMILES string of the molecule is CCc1c(O)c(C(=O)N2Cc3ccccc3C2)cc(C(C)C)c1O. The van der Waals surface area contributed by atoms with E-state index in [4.69, 9.17) is 0 Å². The van der Waals surface area contributed by atoms with Crippen LogP contribution in [0.1, 0.15) is 59.3 Å². The molecule has 1 amide bonds. The van der Waals surface area contributed by atoms with Crippen molar-refractivity contribution in [1.82, 2.24) is 4.90 Å². The van der Waals surface area contributed by atoms with Gasteiger partial charge in [-0.15, -0.1) is 0 Å². The highest BCUT2D eigenvalue weighted by Crippen LogP contribution is 2.39. The van der Waals surface area contributed by atoms with Crippen LogP contribution in [0.25, 0.3) is 0 Å². The number of carbonyl (C=O) groups excluding carboxylic acids is 1. The number of phenols is 2. The molecule has 126 valence electrons. The van der Waals surface area contributed by atoms with Crippen LogP contribution in [-0.2, 0) is 19.5 Å². The summed E-state index contributed by atoms with van der Waals surface area (Å²) >= 11 is 0. The minimum absolute atomic E-state index is 0.0678. The first kappa shape index (κ1) is 16.4. The fourth-order valence-electron chi connectivity index (χ4n) is 3.33. The zero-order valence-corrected chi connectivity index (χ0v) is 14.3. The van der Waals surface area contributed by atoms with Crippen LogP contribution in [0.3, 0.4) is 0 Å². The van der Waals surface area contributed by atoms with Gasteiger partial charge in [0.2, 0.25) is 0 Å². The first-order valence-electron chi connectivity index (χ1n) is 8.37. The van der Waals surface area contributed by atoms with E-state index in [1.807, 2.05) is 45.0 Å². The molecule has 2 aromatic carbocycles. The zero-order valence-electron chi connectivity index (χ0n) is 14.3. The van der Waals surface area contributed by atoms with Crippen LogP contribution in [0.15, 0.2) is 30.3 Å². The molecule has 0 atom stereocenters. The maximum atomic E-state index is 13.0. The lowest BCUT2D eigenvalue weighted by Gasteiger charge is -2.20. The highest BCUT2D eigenvalue weighted by Gasteiger charge is 2.28. The summed E-state index contributed by atoms with van der Waals surface area (Å²) in [7, 11) is 0. The Bertz CT molecular complexity index is 771. The summed E-state index contributed by atoms with van der Waals surface area (Å²) in [6.07, 6.45) is 0.471. The van der Waals surface area contributed by atoms with Crippen LogP contribution in [0.2, 0.25) is 0 Å². The Morgan fingerprint density at radius 2 is 1.71 bits per heavy atom. The van der Waals surface area contributed by atoms with Gasteiger partial charge < -0.3 is 15.1 Å². The van der Waals surface area contributed by atoms with Crippen molar-refractivity contribution in [2.24, 2.45) is 0 Å². The number of hydrogen-bond donors (Lipinski definition) is 2. The lowest BCUT2D eigenvalue weighted by atomic mass is 9.93. The number of fused-ring (bicyclic) bond motifs is 1. The summed E-state index contributed by atoms with van der Waals surface area (Å²) in [6.45, 7) is 6.89. The van der Waals surface area contributed by atoms with Gasteiger partial charge in [0.15, 0.2) is 0 Å². The Balaban J connectivity index is 2.00.